The number of fused-ring (bicyclic) bond motifs is 1. The Labute approximate surface area is 143 Å². The van der Waals surface area contributed by atoms with Crippen molar-refractivity contribution in [2.45, 2.75) is 25.0 Å². The summed E-state index contributed by atoms with van der Waals surface area (Å²) in [5, 5.41) is 12.0. The number of rotatable bonds is 6. The van der Waals surface area contributed by atoms with Crippen LogP contribution in [-0.2, 0) is 11.3 Å². The predicted molar refractivity (Wildman–Crippen MR) is 96.4 cm³/mol. The SMILES string of the molecule is CCCn1c(SCC(=O)Nc2ccc3ccccc3c2)n[nH]c1=O. The number of hydrogen-bond acceptors (Lipinski definition) is 4. The van der Waals surface area contributed by atoms with Crippen molar-refractivity contribution in [2.24, 2.45) is 0 Å². The minimum absolute atomic E-state index is 0.131. The number of carbonyl (C=O) groups excluding carboxylic acids is 1. The first-order valence-electron chi connectivity index (χ1n) is 7.74. The number of H-pyrrole nitrogens is 1. The number of thioether (sulfide) groups is 1. The summed E-state index contributed by atoms with van der Waals surface area (Å²) in [7, 11) is 0. The Morgan fingerprint density at radius 3 is 2.83 bits per heavy atom. The van der Waals surface area contributed by atoms with E-state index in [-0.39, 0.29) is 17.3 Å². The highest BCUT2D eigenvalue weighted by Gasteiger charge is 2.11. The molecule has 7 heteroatoms. The van der Waals surface area contributed by atoms with Crippen LogP contribution < -0.4 is 11.0 Å². The van der Waals surface area contributed by atoms with Gasteiger partial charge in [-0.25, -0.2) is 9.89 Å². The third kappa shape index (κ3) is 3.68. The van der Waals surface area contributed by atoms with E-state index >= 15 is 0 Å². The summed E-state index contributed by atoms with van der Waals surface area (Å²) >= 11 is 1.25. The van der Waals surface area contributed by atoms with Gasteiger partial charge in [-0.05, 0) is 29.3 Å². The van der Waals surface area contributed by atoms with Crippen LogP contribution in [0.3, 0.4) is 0 Å². The van der Waals surface area contributed by atoms with Gasteiger partial charge in [0.2, 0.25) is 5.91 Å². The Balaban J connectivity index is 1.64. The van der Waals surface area contributed by atoms with Gasteiger partial charge in [-0.15, -0.1) is 5.10 Å². The Kier molecular flexibility index (Phi) is 5.00. The van der Waals surface area contributed by atoms with E-state index in [1.54, 1.807) is 4.57 Å². The number of anilines is 1. The van der Waals surface area contributed by atoms with Crippen LogP contribution in [0, 0.1) is 0 Å². The molecule has 24 heavy (non-hydrogen) atoms. The standard InChI is InChI=1S/C17H18N4O2S/c1-2-9-21-16(23)19-20-17(21)24-11-15(22)18-14-8-7-12-5-3-4-6-13(12)10-14/h3-8,10H,2,9,11H2,1H3,(H,18,22)(H,19,23). The molecule has 1 aromatic heterocycles. The first-order chi connectivity index (χ1) is 11.7. The summed E-state index contributed by atoms with van der Waals surface area (Å²) < 4.78 is 1.55. The number of hydrogen-bond donors (Lipinski definition) is 2. The van der Waals surface area contributed by atoms with Gasteiger partial charge in [0, 0.05) is 12.2 Å². The summed E-state index contributed by atoms with van der Waals surface area (Å²) in [6.07, 6.45) is 0.830. The first kappa shape index (κ1) is 16.3. The molecule has 0 spiro atoms. The normalized spacial score (nSPS) is 10.9. The molecule has 6 nitrogen and oxygen atoms in total. The monoisotopic (exact) mass is 342 g/mol. The number of aromatic nitrogens is 3. The highest BCUT2D eigenvalue weighted by atomic mass is 32.2. The molecular weight excluding hydrogens is 324 g/mol. The Morgan fingerprint density at radius 2 is 2.04 bits per heavy atom. The summed E-state index contributed by atoms with van der Waals surface area (Å²) in [6, 6.07) is 13.8. The maximum absolute atomic E-state index is 12.1. The zero-order valence-corrected chi connectivity index (χ0v) is 14.1. The lowest BCUT2D eigenvalue weighted by Gasteiger charge is -2.07. The quantitative estimate of drug-likeness (QED) is 0.675. The van der Waals surface area contributed by atoms with Crippen molar-refractivity contribution in [3.05, 3.63) is 52.9 Å². The highest BCUT2D eigenvalue weighted by Crippen LogP contribution is 2.19. The second-order valence-corrected chi connectivity index (χ2v) is 6.30. The number of nitrogens with one attached hydrogen (secondary N) is 2. The molecule has 0 radical (unpaired) electrons. The van der Waals surface area contributed by atoms with Crippen LogP contribution in [0.4, 0.5) is 5.69 Å². The second kappa shape index (κ2) is 7.35. The van der Waals surface area contributed by atoms with Gasteiger partial charge in [-0.3, -0.25) is 9.36 Å². The van der Waals surface area contributed by atoms with E-state index in [0.29, 0.717) is 11.7 Å². The summed E-state index contributed by atoms with van der Waals surface area (Å²) in [6.45, 7) is 2.57. The summed E-state index contributed by atoms with van der Waals surface area (Å²) in [5.74, 6) is 0.0645. The van der Waals surface area contributed by atoms with E-state index in [2.05, 4.69) is 15.5 Å². The molecule has 0 aliphatic heterocycles. The molecule has 124 valence electrons. The van der Waals surface area contributed by atoms with Crippen LogP contribution in [0.25, 0.3) is 10.8 Å². The van der Waals surface area contributed by atoms with Crippen molar-refractivity contribution in [1.82, 2.24) is 14.8 Å². The molecule has 0 aliphatic carbocycles. The maximum atomic E-state index is 12.1. The molecule has 3 rings (SSSR count). The highest BCUT2D eigenvalue weighted by molar-refractivity contribution is 7.99. The van der Waals surface area contributed by atoms with Gasteiger partial charge in [0.15, 0.2) is 5.16 Å². The van der Waals surface area contributed by atoms with Crippen molar-refractivity contribution in [3.63, 3.8) is 0 Å². The molecule has 0 fully saturated rings. The smallest absolute Gasteiger partial charge is 0.325 e. The van der Waals surface area contributed by atoms with Gasteiger partial charge in [0.25, 0.3) is 0 Å². The van der Waals surface area contributed by atoms with Gasteiger partial charge < -0.3 is 5.32 Å². The average molecular weight is 342 g/mol. The van der Waals surface area contributed by atoms with Crippen LogP contribution in [-0.4, -0.2) is 26.4 Å². The number of carbonyl (C=O) groups is 1. The van der Waals surface area contributed by atoms with Crippen molar-refractivity contribution in [3.8, 4) is 0 Å². The minimum Gasteiger partial charge on any atom is -0.325 e. The van der Waals surface area contributed by atoms with E-state index in [1.807, 2.05) is 49.4 Å². The van der Waals surface area contributed by atoms with Crippen LogP contribution in [0.5, 0.6) is 0 Å². The van der Waals surface area contributed by atoms with E-state index in [4.69, 9.17) is 0 Å². The number of nitrogens with zero attached hydrogens (tertiary/aromatic N) is 2. The number of amides is 1. The van der Waals surface area contributed by atoms with E-state index < -0.39 is 0 Å². The van der Waals surface area contributed by atoms with Crippen LogP contribution in [0.2, 0.25) is 0 Å². The zero-order chi connectivity index (χ0) is 16.9. The van der Waals surface area contributed by atoms with Crippen molar-refractivity contribution in [1.29, 1.82) is 0 Å². The number of aromatic amines is 1. The lowest BCUT2D eigenvalue weighted by atomic mass is 10.1. The van der Waals surface area contributed by atoms with Gasteiger partial charge in [0.1, 0.15) is 0 Å². The molecule has 0 unspecified atom stereocenters. The Morgan fingerprint density at radius 1 is 1.25 bits per heavy atom. The van der Waals surface area contributed by atoms with E-state index in [9.17, 15) is 9.59 Å². The molecular formula is C17H18N4O2S. The summed E-state index contributed by atoms with van der Waals surface area (Å²) in [4.78, 5) is 23.8. The molecule has 3 aromatic rings. The Hall–Kier alpha value is -2.54. The molecule has 1 heterocycles. The van der Waals surface area contributed by atoms with Crippen LogP contribution in [0.15, 0.2) is 52.4 Å². The maximum Gasteiger partial charge on any atom is 0.343 e. The topological polar surface area (TPSA) is 79.8 Å². The van der Waals surface area contributed by atoms with Gasteiger partial charge in [-0.1, -0.05) is 49.0 Å². The third-order valence-corrected chi connectivity index (χ3v) is 4.51. The summed E-state index contributed by atoms with van der Waals surface area (Å²) in [5.41, 5.74) is 0.515. The fraction of sp³-hybridized carbons (Fsp3) is 0.235. The van der Waals surface area contributed by atoms with Crippen LogP contribution in [0.1, 0.15) is 13.3 Å². The van der Waals surface area contributed by atoms with Crippen molar-refractivity contribution < 1.29 is 4.79 Å². The zero-order valence-electron chi connectivity index (χ0n) is 13.3. The molecule has 1 amide bonds. The fourth-order valence-corrected chi connectivity index (χ4v) is 3.20. The predicted octanol–water partition coefficient (Wildman–Crippen LogP) is 2.87. The average Bonchev–Trinajstić information content (AvgIpc) is 2.94. The third-order valence-electron chi connectivity index (χ3n) is 3.54. The number of benzene rings is 2. The van der Waals surface area contributed by atoms with E-state index in [1.165, 1.54) is 11.8 Å². The molecule has 0 atom stereocenters. The molecule has 2 aromatic carbocycles. The van der Waals surface area contributed by atoms with Crippen molar-refractivity contribution in [2.75, 3.05) is 11.1 Å². The van der Waals surface area contributed by atoms with Crippen molar-refractivity contribution >= 4 is 34.1 Å². The van der Waals surface area contributed by atoms with Gasteiger partial charge >= 0.3 is 5.69 Å². The lowest BCUT2D eigenvalue weighted by Crippen LogP contribution is -2.18. The molecule has 0 aliphatic rings. The fourth-order valence-electron chi connectivity index (χ4n) is 2.43. The van der Waals surface area contributed by atoms with Crippen LogP contribution >= 0.6 is 11.8 Å². The van der Waals surface area contributed by atoms with Gasteiger partial charge in [-0.2, -0.15) is 0 Å². The van der Waals surface area contributed by atoms with E-state index in [0.717, 1.165) is 22.9 Å². The molecule has 0 bridgehead atoms. The molecule has 2 N–H and O–H groups in total. The molecule has 0 saturated heterocycles. The first-order valence-corrected chi connectivity index (χ1v) is 8.72. The van der Waals surface area contributed by atoms with Gasteiger partial charge in [0.05, 0.1) is 5.75 Å². The second-order valence-electron chi connectivity index (χ2n) is 5.36. The Bertz CT molecular complexity index is 916. The molecule has 0 saturated carbocycles. The largest absolute Gasteiger partial charge is 0.343 e. The minimum atomic E-state index is -0.241. The lowest BCUT2D eigenvalue weighted by molar-refractivity contribution is -0.113.